The van der Waals surface area contributed by atoms with Gasteiger partial charge < -0.3 is 20.3 Å². The van der Waals surface area contributed by atoms with Crippen LogP contribution in [0.5, 0.6) is 0 Å². The number of amides is 2. The molecular formula is C13H20N4O3. The molecule has 2 unspecified atom stereocenters. The topological polar surface area (TPSA) is 96.3 Å². The van der Waals surface area contributed by atoms with Crippen molar-refractivity contribution in [2.75, 3.05) is 0 Å². The van der Waals surface area contributed by atoms with E-state index < -0.39 is 5.97 Å². The number of carboxylic acid groups (broad SMARTS) is 1. The van der Waals surface area contributed by atoms with Crippen molar-refractivity contribution in [2.45, 2.75) is 38.3 Å². The van der Waals surface area contributed by atoms with Gasteiger partial charge in [-0.1, -0.05) is 6.42 Å². The Morgan fingerprint density at radius 3 is 2.95 bits per heavy atom. The van der Waals surface area contributed by atoms with Gasteiger partial charge in [0.05, 0.1) is 12.5 Å². The van der Waals surface area contributed by atoms with Crippen LogP contribution in [0.1, 0.15) is 31.5 Å². The lowest BCUT2D eigenvalue weighted by Gasteiger charge is -2.27. The molecule has 0 radical (unpaired) electrons. The number of aromatic nitrogens is 2. The number of urea groups is 1. The lowest BCUT2D eigenvalue weighted by molar-refractivity contribution is -0.143. The van der Waals surface area contributed by atoms with E-state index in [0.717, 1.165) is 18.7 Å². The van der Waals surface area contributed by atoms with Crippen molar-refractivity contribution in [3.63, 3.8) is 0 Å². The van der Waals surface area contributed by atoms with Crippen LogP contribution in [-0.2, 0) is 18.4 Å². The Balaban J connectivity index is 1.76. The molecule has 110 valence electrons. The van der Waals surface area contributed by atoms with E-state index in [-0.39, 0.29) is 18.0 Å². The number of aliphatic carboxylic acids is 1. The molecule has 0 bridgehead atoms. The third-order valence-electron chi connectivity index (χ3n) is 3.69. The van der Waals surface area contributed by atoms with Crippen LogP contribution in [0, 0.1) is 5.92 Å². The van der Waals surface area contributed by atoms with Gasteiger partial charge in [-0.15, -0.1) is 0 Å². The predicted octanol–water partition coefficient (Wildman–Crippen LogP) is 0.863. The number of hydrogen-bond donors (Lipinski definition) is 3. The molecule has 1 aromatic heterocycles. The molecule has 2 amide bonds. The second-order valence-corrected chi connectivity index (χ2v) is 5.18. The molecule has 1 fully saturated rings. The first-order chi connectivity index (χ1) is 9.56. The first-order valence-corrected chi connectivity index (χ1v) is 6.79. The van der Waals surface area contributed by atoms with Crippen LogP contribution in [0.4, 0.5) is 4.79 Å². The van der Waals surface area contributed by atoms with Crippen LogP contribution in [0.25, 0.3) is 0 Å². The summed E-state index contributed by atoms with van der Waals surface area (Å²) in [5.74, 6) is -0.347. The molecule has 0 spiro atoms. The van der Waals surface area contributed by atoms with E-state index in [4.69, 9.17) is 5.11 Å². The van der Waals surface area contributed by atoms with Crippen LogP contribution in [0.3, 0.4) is 0 Å². The number of nitrogens with zero attached hydrogens (tertiary/aromatic N) is 2. The van der Waals surface area contributed by atoms with Gasteiger partial charge in [0.25, 0.3) is 0 Å². The molecule has 3 N–H and O–H groups in total. The second kappa shape index (κ2) is 6.40. The molecule has 2 rings (SSSR count). The van der Waals surface area contributed by atoms with Gasteiger partial charge in [-0.25, -0.2) is 9.78 Å². The van der Waals surface area contributed by atoms with Crippen LogP contribution < -0.4 is 10.6 Å². The van der Waals surface area contributed by atoms with Crippen molar-refractivity contribution in [2.24, 2.45) is 13.0 Å². The third kappa shape index (κ3) is 3.72. The van der Waals surface area contributed by atoms with Gasteiger partial charge >= 0.3 is 12.0 Å². The van der Waals surface area contributed by atoms with E-state index in [1.165, 1.54) is 0 Å². The Labute approximate surface area is 117 Å². The summed E-state index contributed by atoms with van der Waals surface area (Å²) in [6, 6.07) is -0.338. The maximum atomic E-state index is 11.8. The largest absolute Gasteiger partial charge is 0.481 e. The lowest BCUT2D eigenvalue weighted by atomic mass is 9.86. The summed E-state index contributed by atoms with van der Waals surface area (Å²) in [4.78, 5) is 26.9. The highest BCUT2D eigenvalue weighted by Crippen LogP contribution is 2.24. The van der Waals surface area contributed by atoms with Gasteiger partial charge in [-0.05, 0) is 19.3 Å². The number of aryl methyl sites for hydroxylation is 1. The van der Waals surface area contributed by atoms with Crippen molar-refractivity contribution in [1.82, 2.24) is 20.2 Å². The summed E-state index contributed by atoms with van der Waals surface area (Å²) >= 11 is 0. The molecule has 7 heteroatoms. The summed E-state index contributed by atoms with van der Waals surface area (Å²) in [5.41, 5.74) is 0. The third-order valence-corrected chi connectivity index (χ3v) is 3.69. The maximum absolute atomic E-state index is 11.8. The molecule has 1 aliphatic rings. The summed E-state index contributed by atoms with van der Waals surface area (Å²) in [6.07, 6.45) is 6.36. The molecule has 0 aliphatic heterocycles. The zero-order chi connectivity index (χ0) is 14.5. The molecule has 20 heavy (non-hydrogen) atoms. The molecule has 2 atom stereocenters. The van der Waals surface area contributed by atoms with Gasteiger partial charge in [0.15, 0.2) is 0 Å². The predicted molar refractivity (Wildman–Crippen MR) is 72.0 cm³/mol. The Morgan fingerprint density at radius 2 is 2.30 bits per heavy atom. The zero-order valence-electron chi connectivity index (χ0n) is 11.5. The Kier molecular flexibility index (Phi) is 4.60. The number of carbonyl (C=O) groups excluding carboxylic acids is 1. The minimum Gasteiger partial charge on any atom is -0.481 e. The molecule has 1 saturated carbocycles. The van der Waals surface area contributed by atoms with Crippen LogP contribution >= 0.6 is 0 Å². The first kappa shape index (κ1) is 14.4. The van der Waals surface area contributed by atoms with Crippen LogP contribution in [0.2, 0.25) is 0 Å². The number of hydrogen-bond acceptors (Lipinski definition) is 3. The smallest absolute Gasteiger partial charge is 0.315 e. The van der Waals surface area contributed by atoms with Crippen molar-refractivity contribution >= 4 is 12.0 Å². The van der Waals surface area contributed by atoms with E-state index >= 15 is 0 Å². The standard InChI is InChI=1S/C13H20N4O3/c1-17-6-5-14-11(17)8-15-13(20)16-10-4-2-3-9(7-10)12(18)19/h5-6,9-10H,2-4,7-8H2,1H3,(H,18,19)(H2,15,16,20). The Morgan fingerprint density at radius 1 is 1.50 bits per heavy atom. The van der Waals surface area contributed by atoms with Gasteiger partial charge in [0, 0.05) is 25.5 Å². The minimum atomic E-state index is -0.773. The maximum Gasteiger partial charge on any atom is 0.315 e. The van der Waals surface area contributed by atoms with Crippen molar-refractivity contribution in [3.05, 3.63) is 18.2 Å². The first-order valence-electron chi connectivity index (χ1n) is 6.79. The summed E-state index contributed by atoms with van der Waals surface area (Å²) in [5, 5.41) is 14.6. The number of imidazole rings is 1. The molecule has 0 saturated heterocycles. The fourth-order valence-electron chi connectivity index (χ4n) is 2.51. The minimum absolute atomic E-state index is 0.0637. The average Bonchev–Trinajstić information content (AvgIpc) is 2.82. The molecule has 1 aromatic rings. The Hall–Kier alpha value is -2.05. The lowest BCUT2D eigenvalue weighted by Crippen LogP contribution is -2.44. The molecular weight excluding hydrogens is 260 g/mol. The number of rotatable bonds is 4. The summed E-state index contributed by atoms with van der Waals surface area (Å²) in [7, 11) is 1.86. The Bertz CT molecular complexity index is 486. The zero-order valence-corrected chi connectivity index (χ0v) is 11.5. The van der Waals surface area contributed by atoms with E-state index in [9.17, 15) is 9.59 Å². The van der Waals surface area contributed by atoms with Crippen molar-refractivity contribution in [1.29, 1.82) is 0 Å². The van der Waals surface area contributed by atoms with E-state index in [1.807, 2.05) is 17.8 Å². The van der Waals surface area contributed by atoms with E-state index in [2.05, 4.69) is 15.6 Å². The number of nitrogens with one attached hydrogen (secondary N) is 2. The van der Waals surface area contributed by atoms with Crippen molar-refractivity contribution in [3.8, 4) is 0 Å². The monoisotopic (exact) mass is 280 g/mol. The molecule has 1 aliphatic carbocycles. The highest BCUT2D eigenvalue weighted by molar-refractivity contribution is 5.74. The molecule has 0 aromatic carbocycles. The van der Waals surface area contributed by atoms with Crippen LogP contribution in [0.15, 0.2) is 12.4 Å². The molecule has 7 nitrogen and oxygen atoms in total. The fraction of sp³-hybridized carbons (Fsp3) is 0.615. The van der Waals surface area contributed by atoms with E-state index in [0.29, 0.717) is 19.4 Å². The summed E-state index contributed by atoms with van der Waals surface area (Å²) in [6.45, 7) is 0.352. The number of carboxylic acids is 1. The SMILES string of the molecule is Cn1ccnc1CNC(=O)NC1CCCC(C(=O)O)C1. The highest BCUT2D eigenvalue weighted by Gasteiger charge is 2.27. The fourth-order valence-corrected chi connectivity index (χ4v) is 2.51. The van der Waals surface area contributed by atoms with Gasteiger partial charge in [0.2, 0.25) is 0 Å². The normalized spacial score (nSPS) is 22.2. The van der Waals surface area contributed by atoms with Crippen LogP contribution in [-0.4, -0.2) is 32.7 Å². The van der Waals surface area contributed by atoms with Gasteiger partial charge in [-0.2, -0.15) is 0 Å². The van der Waals surface area contributed by atoms with Crippen molar-refractivity contribution < 1.29 is 14.7 Å². The van der Waals surface area contributed by atoms with Gasteiger partial charge in [-0.3, -0.25) is 4.79 Å². The molecule has 1 heterocycles. The average molecular weight is 280 g/mol. The quantitative estimate of drug-likeness (QED) is 0.762. The number of carbonyl (C=O) groups is 2. The second-order valence-electron chi connectivity index (χ2n) is 5.18. The highest BCUT2D eigenvalue weighted by atomic mass is 16.4. The summed E-state index contributed by atoms with van der Waals surface area (Å²) < 4.78 is 1.83. The van der Waals surface area contributed by atoms with Gasteiger partial charge in [0.1, 0.15) is 5.82 Å². The van der Waals surface area contributed by atoms with E-state index in [1.54, 1.807) is 6.20 Å².